The second-order valence-corrected chi connectivity index (χ2v) is 8.97. The summed E-state index contributed by atoms with van der Waals surface area (Å²) in [6.07, 6.45) is 2.90. The number of ether oxygens (including phenoxy) is 1. The number of carbonyl (C=O) groups excluding carboxylic acids is 1. The maximum atomic E-state index is 12.0. The average Bonchev–Trinajstić information content (AvgIpc) is 2.97. The number of nitrogens with zero attached hydrogens (tertiary/aromatic N) is 3. The smallest absolute Gasteiger partial charge is 0.236 e. The van der Waals surface area contributed by atoms with Crippen molar-refractivity contribution in [3.05, 3.63) is 45.9 Å². The largest absolute Gasteiger partial charge is 0.493 e. The Labute approximate surface area is 177 Å². The molecule has 1 N–H and O–H groups in total. The van der Waals surface area contributed by atoms with Gasteiger partial charge in [-0.05, 0) is 44.9 Å². The van der Waals surface area contributed by atoms with Gasteiger partial charge in [-0.2, -0.15) is 0 Å². The van der Waals surface area contributed by atoms with Gasteiger partial charge in [0.25, 0.3) is 0 Å². The number of amides is 1. The molecular formula is C22H31N3O3S. The lowest BCUT2D eigenvalue weighted by molar-refractivity contribution is -0.129. The van der Waals surface area contributed by atoms with Crippen molar-refractivity contribution in [2.75, 3.05) is 40.3 Å². The van der Waals surface area contributed by atoms with Crippen molar-refractivity contribution < 1.29 is 14.6 Å². The molecule has 2 heterocycles. The van der Waals surface area contributed by atoms with Gasteiger partial charge in [0.1, 0.15) is 16.4 Å². The maximum absolute atomic E-state index is 12.0. The topological polar surface area (TPSA) is 65.9 Å². The van der Waals surface area contributed by atoms with Crippen LogP contribution in [0.5, 0.6) is 5.75 Å². The highest BCUT2D eigenvalue weighted by molar-refractivity contribution is 7.11. The van der Waals surface area contributed by atoms with Crippen LogP contribution in [0.1, 0.15) is 34.8 Å². The van der Waals surface area contributed by atoms with E-state index in [1.807, 2.05) is 37.3 Å². The molecule has 158 valence electrons. The normalized spacial score (nSPS) is 20.3. The molecule has 1 aliphatic heterocycles. The molecule has 1 aromatic heterocycles. The Morgan fingerprint density at radius 2 is 2.03 bits per heavy atom. The van der Waals surface area contributed by atoms with Gasteiger partial charge in [-0.15, -0.1) is 11.3 Å². The summed E-state index contributed by atoms with van der Waals surface area (Å²) in [6, 6.07) is 9.79. The zero-order valence-electron chi connectivity index (χ0n) is 17.6. The zero-order chi connectivity index (χ0) is 20.9. The highest BCUT2D eigenvalue weighted by atomic mass is 32.1. The van der Waals surface area contributed by atoms with Crippen molar-refractivity contribution in [1.29, 1.82) is 0 Å². The van der Waals surface area contributed by atoms with E-state index in [-0.39, 0.29) is 5.91 Å². The van der Waals surface area contributed by atoms with Crippen molar-refractivity contribution in [3.8, 4) is 5.75 Å². The lowest BCUT2D eigenvalue weighted by atomic mass is 9.96. The van der Waals surface area contributed by atoms with Crippen LogP contribution in [-0.2, 0) is 16.8 Å². The standard InChI is InChI=1S/C22H31N3O3S/c1-17-19(10-15-28-18-8-5-4-6-9-18)29-21(23-17)22(27)11-7-13-25(14-12-22)16-20(26)24(2)3/h4-6,8-9,27H,7,10-16H2,1-3H3/t22-/m1/s1. The molecule has 7 heteroatoms. The number of hydrogen-bond donors (Lipinski definition) is 1. The summed E-state index contributed by atoms with van der Waals surface area (Å²) in [5.41, 5.74) is 0.0585. The number of carbonyl (C=O) groups is 1. The Bertz CT molecular complexity index is 809. The molecule has 1 aromatic carbocycles. The molecule has 29 heavy (non-hydrogen) atoms. The van der Waals surface area contributed by atoms with Crippen LogP contribution in [0, 0.1) is 6.92 Å². The van der Waals surface area contributed by atoms with Gasteiger partial charge in [0, 0.05) is 31.9 Å². The summed E-state index contributed by atoms with van der Waals surface area (Å²) < 4.78 is 5.81. The summed E-state index contributed by atoms with van der Waals surface area (Å²) >= 11 is 1.59. The second kappa shape index (κ2) is 9.69. The lowest BCUT2D eigenvalue weighted by Crippen LogP contribution is -2.37. The molecular weight excluding hydrogens is 386 g/mol. The highest BCUT2D eigenvalue weighted by Crippen LogP contribution is 2.36. The number of benzene rings is 1. The van der Waals surface area contributed by atoms with E-state index in [1.54, 1.807) is 30.3 Å². The zero-order valence-corrected chi connectivity index (χ0v) is 18.4. The second-order valence-electron chi connectivity index (χ2n) is 7.89. The minimum absolute atomic E-state index is 0.0984. The van der Waals surface area contributed by atoms with Crippen LogP contribution in [0.2, 0.25) is 0 Å². The van der Waals surface area contributed by atoms with E-state index in [2.05, 4.69) is 4.90 Å². The van der Waals surface area contributed by atoms with Crippen molar-refractivity contribution in [2.24, 2.45) is 0 Å². The molecule has 0 radical (unpaired) electrons. The van der Waals surface area contributed by atoms with E-state index in [4.69, 9.17) is 9.72 Å². The van der Waals surface area contributed by atoms with Gasteiger partial charge < -0.3 is 14.7 Å². The van der Waals surface area contributed by atoms with E-state index < -0.39 is 5.60 Å². The van der Waals surface area contributed by atoms with E-state index in [0.717, 1.165) is 40.7 Å². The fraction of sp³-hybridized carbons (Fsp3) is 0.545. The van der Waals surface area contributed by atoms with Gasteiger partial charge in [-0.3, -0.25) is 9.69 Å². The lowest BCUT2D eigenvalue weighted by Gasteiger charge is -2.25. The van der Waals surface area contributed by atoms with Crippen molar-refractivity contribution >= 4 is 17.2 Å². The number of thiazole rings is 1. The third kappa shape index (κ3) is 5.78. The third-order valence-electron chi connectivity index (χ3n) is 5.40. The predicted molar refractivity (Wildman–Crippen MR) is 115 cm³/mol. The predicted octanol–water partition coefficient (Wildman–Crippen LogP) is 2.83. The third-order valence-corrected chi connectivity index (χ3v) is 6.81. The molecule has 0 unspecified atom stereocenters. The van der Waals surface area contributed by atoms with Crippen LogP contribution in [-0.4, -0.2) is 66.1 Å². The Kier molecular flexibility index (Phi) is 7.27. The monoisotopic (exact) mass is 417 g/mol. The minimum atomic E-state index is -0.913. The highest BCUT2D eigenvalue weighted by Gasteiger charge is 2.35. The first-order chi connectivity index (χ1) is 13.9. The van der Waals surface area contributed by atoms with E-state index >= 15 is 0 Å². The molecule has 3 rings (SSSR count). The maximum Gasteiger partial charge on any atom is 0.236 e. The van der Waals surface area contributed by atoms with Gasteiger partial charge in [-0.1, -0.05) is 18.2 Å². The molecule has 2 aromatic rings. The first kappa shape index (κ1) is 21.7. The van der Waals surface area contributed by atoms with Gasteiger partial charge in [0.2, 0.25) is 5.91 Å². The van der Waals surface area contributed by atoms with Crippen molar-refractivity contribution in [3.63, 3.8) is 0 Å². The molecule has 1 amide bonds. The summed E-state index contributed by atoms with van der Waals surface area (Å²) in [7, 11) is 3.55. The van der Waals surface area contributed by atoms with Crippen LogP contribution in [0.25, 0.3) is 0 Å². The Morgan fingerprint density at radius 1 is 1.28 bits per heavy atom. The molecule has 0 saturated carbocycles. The summed E-state index contributed by atoms with van der Waals surface area (Å²) in [5.74, 6) is 0.964. The fourth-order valence-corrected chi connectivity index (χ4v) is 4.71. The number of likely N-dealkylation sites (N-methyl/N-ethyl adjacent to an activating group) is 1. The molecule has 0 aliphatic carbocycles. The molecule has 1 atom stereocenters. The summed E-state index contributed by atoms with van der Waals surface area (Å²) in [5, 5.41) is 12.1. The SMILES string of the molecule is Cc1nc([C@@]2(O)CCCN(CC(=O)N(C)C)CC2)sc1CCOc1ccccc1. The molecule has 1 aliphatic rings. The van der Waals surface area contributed by atoms with E-state index in [9.17, 15) is 9.90 Å². The van der Waals surface area contributed by atoms with Crippen LogP contribution in [0.4, 0.5) is 0 Å². The van der Waals surface area contributed by atoms with Crippen LogP contribution in [0.15, 0.2) is 30.3 Å². The molecule has 6 nitrogen and oxygen atoms in total. The van der Waals surface area contributed by atoms with Crippen molar-refractivity contribution in [2.45, 2.75) is 38.2 Å². The number of likely N-dealkylation sites (tertiary alicyclic amines) is 1. The van der Waals surface area contributed by atoms with Crippen molar-refractivity contribution in [1.82, 2.24) is 14.8 Å². The first-order valence-electron chi connectivity index (χ1n) is 10.2. The first-order valence-corrected chi connectivity index (χ1v) is 11.0. The molecule has 1 fully saturated rings. The summed E-state index contributed by atoms with van der Waals surface area (Å²) in [4.78, 5) is 21.6. The number of hydrogen-bond acceptors (Lipinski definition) is 6. The van der Waals surface area contributed by atoms with Gasteiger partial charge in [0.05, 0.1) is 18.8 Å². The summed E-state index contributed by atoms with van der Waals surface area (Å²) in [6.45, 7) is 4.51. The average molecular weight is 418 g/mol. The molecule has 0 bridgehead atoms. The van der Waals surface area contributed by atoms with Crippen LogP contribution >= 0.6 is 11.3 Å². The minimum Gasteiger partial charge on any atom is -0.493 e. The number of para-hydroxylation sites is 1. The number of aliphatic hydroxyl groups is 1. The Morgan fingerprint density at radius 3 is 2.76 bits per heavy atom. The van der Waals surface area contributed by atoms with Crippen LogP contribution < -0.4 is 4.74 Å². The van der Waals surface area contributed by atoms with E-state index in [1.165, 1.54) is 0 Å². The fourth-order valence-electron chi connectivity index (χ4n) is 3.52. The van der Waals surface area contributed by atoms with Gasteiger partial charge in [-0.25, -0.2) is 4.98 Å². The van der Waals surface area contributed by atoms with Gasteiger partial charge >= 0.3 is 0 Å². The molecule has 1 saturated heterocycles. The van der Waals surface area contributed by atoms with Crippen LogP contribution in [0.3, 0.4) is 0 Å². The number of aryl methyl sites for hydroxylation is 1. The van der Waals surface area contributed by atoms with E-state index in [0.29, 0.717) is 32.5 Å². The number of aromatic nitrogens is 1. The number of rotatable bonds is 7. The Hall–Kier alpha value is -1.96. The quantitative estimate of drug-likeness (QED) is 0.750. The molecule has 0 spiro atoms. The van der Waals surface area contributed by atoms with Gasteiger partial charge in [0.15, 0.2) is 0 Å². The Balaban J connectivity index is 1.59.